The summed E-state index contributed by atoms with van der Waals surface area (Å²) in [4.78, 5) is 13.8. The second kappa shape index (κ2) is 6.16. The standard InChI is InChI=1S/C17H26N2O2/c1-12-11-19(10-9-18-12)15(16(20)21)13-5-7-14(8-6-13)17(2,3)4/h5-8,12,15,18H,9-11H2,1-4H3,(H,20,21). The fraction of sp³-hybridized carbons (Fsp3) is 0.588. The van der Waals surface area contributed by atoms with Gasteiger partial charge in [-0.2, -0.15) is 0 Å². The molecule has 0 radical (unpaired) electrons. The fourth-order valence-corrected chi connectivity index (χ4v) is 2.87. The van der Waals surface area contributed by atoms with Gasteiger partial charge < -0.3 is 10.4 Å². The van der Waals surface area contributed by atoms with E-state index in [1.807, 2.05) is 12.1 Å². The van der Waals surface area contributed by atoms with Crippen LogP contribution in [0.1, 0.15) is 44.9 Å². The summed E-state index contributed by atoms with van der Waals surface area (Å²) in [6.45, 7) is 10.9. The Bertz CT molecular complexity index is 491. The molecular weight excluding hydrogens is 264 g/mol. The van der Waals surface area contributed by atoms with E-state index in [1.54, 1.807) is 0 Å². The second-order valence-electron chi connectivity index (χ2n) is 6.96. The number of carboxylic acids is 1. The number of carbonyl (C=O) groups is 1. The Morgan fingerprint density at radius 2 is 1.95 bits per heavy atom. The van der Waals surface area contributed by atoms with Crippen LogP contribution in [0.5, 0.6) is 0 Å². The lowest BCUT2D eigenvalue weighted by Gasteiger charge is -2.36. The van der Waals surface area contributed by atoms with E-state index in [0.717, 1.165) is 25.2 Å². The molecule has 116 valence electrons. The van der Waals surface area contributed by atoms with Gasteiger partial charge in [-0.05, 0) is 23.5 Å². The molecule has 1 aliphatic rings. The zero-order chi connectivity index (χ0) is 15.6. The third-order valence-electron chi connectivity index (χ3n) is 4.09. The van der Waals surface area contributed by atoms with Crippen LogP contribution in [0.25, 0.3) is 0 Å². The van der Waals surface area contributed by atoms with Gasteiger partial charge in [0.25, 0.3) is 0 Å². The maximum absolute atomic E-state index is 11.7. The van der Waals surface area contributed by atoms with Gasteiger partial charge in [-0.1, -0.05) is 45.0 Å². The zero-order valence-corrected chi connectivity index (χ0v) is 13.4. The van der Waals surface area contributed by atoms with Gasteiger partial charge in [0, 0.05) is 25.7 Å². The van der Waals surface area contributed by atoms with Gasteiger partial charge in [-0.15, -0.1) is 0 Å². The number of hydrogen-bond donors (Lipinski definition) is 2. The summed E-state index contributed by atoms with van der Waals surface area (Å²) >= 11 is 0. The molecule has 1 fully saturated rings. The van der Waals surface area contributed by atoms with Gasteiger partial charge in [-0.25, -0.2) is 0 Å². The van der Waals surface area contributed by atoms with E-state index in [0.29, 0.717) is 6.04 Å². The van der Waals surface area contributed by atoms with Gasteiger partial charge in [-0.3, -0.25) is 9.69 Å². The van der Waals surface area contributed by atoms with Crippen molar-refractivity contribution in [2.24, 2.45) is 0 Å². The van der Waals surface area contributed by atoms with Crippen molar-refractivity contribution in [1.29, 1.82) is 0 Å². The molecule has 0 aromatic heterocycles. The highest BCUT2D eigenvalue weighted by Gasteiger charge is 2.30. The highest BCUT2D eigenvalue weighted by atomic mass is 16.4. The SMILES string of the molecule is CC1CN(C(C(=O)O)c2ccc(C(C)(C)C)cc2)CCN1. The Kier molecular flexibility index (Phi) is 4.69. The average Bonchev–Trinajstić information content (AvgIpc) is 2.38. The second-order valence-corrected chi connectivity index (χ2v) is 6.96. The van der Waals surface area contributed by atoms with Gasteiger partial charge in [0.15, 0.2) is 0 Å². The minimum atomic E-state index is -0.771. The fourth-order valence-electron chi connectivity index (χ4n) is 2.87. The topological polar surface area (TPSA) is 52.6 Å². The molecular formula is C17H26N2O2. The largest absolute Gasteiger partial charge is 0.480 e. The number of carboxylic acid groups (broad SMARTS) is 1. The smallest absolute Gasteiger partial charge is 0.325 e. The van der Waals surface area contributed by atoms with E-state index < -0.39 is 12.0 Å². The summed E-state index contributed by atoms with van der Waals surface area (Å²) < 4.78 is 0. The van der Waals surface area contributed by atoms with Crippen molar-refractivity contribution in [3.05, 3.63) is 35.4 Å². The van der Waals surface area contributed by atoms with Crippen molar-refractivity contribution in [3.8, 4) is 0 Å². The van der Waals surface area contributed by atoms with Crippen LogP contribution >= 0.6 is 0 Å². The van der Waals surface area contributed by atoms with E-state index >= 15 is 0 Å². The molecule has 0 aliphatic carbocycles. The van der Waals surface area contributed by atoms with Crippen LogP contribution in [0.4, 0.5) is 0 Å². The maximum Gasteiger partial charge on any atom is 0.325 e. The van der Waals surface area contributed by atoms with Gasteiger partial charge in [0.1, 0.15) is 6.04 Å². The first-order valence-corrected chi connectivity index (χ1v) is 7.59. The molecule has 1 heterocycles. The molecule has 2 N–H and O–H groups in total. The Balaban J connectivity index is 2.24. The Morgan fingerprint density at radius 1 is 1.33 bits per heavy atom. The summed E-state index contributed by atoms with van der Waals surface area (Å²) in [5.41, 5.74) is 2.18. The Hall–Kier alpha value is -1.39. The minimum Gasteiger partial charge on any atom is -0.480 e. The summed E-state index contributed by atoms with van der Waals surface area (Å²) in [6, 6.07) is 7.81. The van der Waals surface area contributed by atoms with Crippen molar-refractivity contribution in [3.63, 3.8) is 0 Å². The lowest BCUT2D eigenvalue weighted by Crippen LogP contribution is -2.51. The molecule has 0 spiro atoms. The number of benzene rings is 1. The number of piperazine rings is 1. The monoisotopic (exact) mass is 290 g/mol. The molecule has 2 atom stereocenters. The van der Waals surface area contributed by atoms with Crippen molar-refractivity contribution in [2.75, 3.05) is 19.6 Å². The highest BCUT2D eigenvalue weighted by Crippen LogP contribution is 2.27. The summed E-state index contributed by atoms with van der Waals surface area (Å²) in [5.74, 6) is -0.771. The summed E-state index contributed by atoms with van der Waals surface area (Å²) in [5, 5.41) is 13.0. The molecule has 2 unspecified atom stereocenters. The minimum absolute atomic E-state index is 0.0841. The molecule has 1 aromatic rings. The first-order valence-electron chi connectivity index (χ1n) is 7.59. The van der Waals surface area contributed by atoms with Crippen LogP contribution in [0.15, 0.2) is 24.3 Å². The van der Waals surface area contributed by atoms with Crippen molar-refractivity contribution >= 4 is 5.97 Å². The van der Waals surface area contributed by atoms with Gasteiger partial charge >= 0.3 is 5.97 Å². The van der Waals surface area contributed by atoms with E-state index in [2.05, 4.69) is 50.0 Å². The third kappa shape index (κ3) is 3.83. The number of aliphatic carboxylic acids is 1. The molecule has 0 bridgehead atoms. The average molecular weight is 290 g/mol. The van der Waals surface area contributed by atoms with Crippen molar-refractivity contribution in [1.82, 2.24) is 10.2 Å². The predicted octanol–water partition coefficient (Wildman–Crippen LogP) is 2.40. The van der Waals surface area contributed by atoms with E-state index in [9.17, 15) is 9.90 Å². The molecule has 4 nitrogen and oxygen atoms in total. The van der Waals surface area contributed by atoms with Gasteiger partial charge in [0.05, 0.1) is 0 Å². The van der Waals surface area contributed by atoms with Gasteiger partial charge in [0.2, 0.25) is 0 Å². The molecule has 2 rings (SSSR count). The van der Waals surface area contributed by atoms with Crippen molar-refractivity contribution < 1.29 is 9.90 Å². The third-order valence-corrected chi connectivity index (χ3v) is 4.09. The first-order chi connectivity index (χ1) is 9.79. The number of nitrogens with one attached hydrogen (secondary N) is 1. The highest BCUT2D eigenvalue weighted by molar-refractivity contribution is 5.75. The summed E-state index contributed by atoms with van der Waals surface area (Å²) in [7, 11) is 0. The lowest BCUT2D eigenvalue weighted by atomic mass is 9.86. The quantitative estimate of drug-likeness (QED) is 0.897. The summed E-state index contributed by atoms with van der Waals surface area (Å²) in [6.07, 6.45) is 0. The normalized spacial score (nSPS) is 22.0. The van der Waals surface area contributed by atoms with Crippen LogP contribution in [0.3, 0.4) is 0 Å². The molecule has 1 saturated heterocycles. The Labute approximate surface area is 127 Å². The van der Waals surface area contributed by atoms with E-state index in [-0.39, 0.29) is 5.41 Å². The van der Waals surface area contributed by atoms with Crippen LogP contribution in [0.2, 0.25) is 0 Å². The van der Waals surface area contributed by atoms with Crippen molar-refractivity contribution in [2.45, 2.75) is 45.2 Å². The molecule has 0 saturated carbocycles. The zero-order valence-electron chi connectivity index (χ0n) is 13.4. The first kappa shape index (κ1) is 16.0. The van der Waals surface area contributed by atoms with Crippen LogP contribution in [-0.4, -0.2) is 41.7 Å². The molecule has 21 heavy (non-hydrogen) atoms. The number of rotatable bonds is 3. The molecule has 1 aromatic carbocycles. The maximum atomic E-state index is 11.7. The molecule has 1 aliphatic heterocycles. The van der Waals surface area contributed by atoms with E-state index in [4.69, 9.17) is 0 Å². The lowest BCUT2D eigenvalue weighted by molar-refractivity contribution is -0.144. The number of hydrogen-bond acceptors (Lipinski definition) is 3. The van der Waals surface area contributed by atoms with Crippen LogP contribution in [-0.2, 0) is 10.2 Å². The van der Waals surface area contributed by atoms with Crippen LogP contribution < -0.4 is 5.32 Å². The molecule has 0 amide bonds. The van der Waals surface area contributed by atoms with E-state index in [1.165, 1.54) is 5.56 Å². The Morgan fingerprint density at radius 3 is 2.43 bits per heavy atom. The predicted molar refractivity (Wildman–Crippen MR) is 84.6 cm³/mol. The van der Waals surface area contributed by atoms with Crippen LogP contribution in [0, 0.1) is 0 Å². The molecule has 4 heteroatoms. The number of nitrogens with zero attached hydrogens (tertiary/aromatic N) is 1.